The van der Waals surface area contributed by atoms with Crippen molar-refractivity contribution in [1.29, 1.82) is 0 Å². The molecular formula is C20H30F3NO5S. The summed E-state index contributed by atoms with van der Waals surface area (Å²) in [4.78, 5) is 14.7. The van der Waals surface area contributed by atoms with Gasteiger partial charge in [0.05, 0.1) is 0 Å². The van der Waals surface area contributed by atoms with Crippen LogP contribution < -0.4 is 4.18 Å². The quantitative estimate of drug-likeness (QED) is 0.280. The molecular weight excluding hydrogens is 423 g/mol. The van der Waals surface area contributed by atoms with Gasteiger partial charge in [0.1, 0.15) is 5.75 Å². The number of ether oxygens (including phenoxy) is 1. The molecule has 30 heavy (non-hydrogen) atoms. The summed E-state index contributed by atoms with van der Waals surface area (Å²) in [5.74, 6) is -0.705. The normalized spacial score (nSPS) is 13.4. The Balaban J connectivity index is 3.30. The third-order valence-electron chi connectivity index (χ3n) is 4.69. The van der Waals surface area contributed by atoms with Crippen molar-refractivity contribution < 1.29 is 35.3 Å². The summed E-state index contributed by atoms with van der Waals surface area (Å²) in [6.07, 6.45) is 2.11. The smallest absolute Gasteiger partial charge is 0.385 e. The van der Waals surface area contributed by atoms with Crippen LogP contribution in [0.15, 0.2) is 18.2 Å². The van der Waals surface area contributed by atoms with Crippen molar-refractivity contribution in [3.8, 4) is 5.75 Å². The van der Waals surface area contributed by atoms with Gasteiger partial charge < -0.3 is 13.8 Å². The van der Waals surface area contributed by atoms with Crippen LogP contribution in [0.25, 0.3) is 0 Å². The van der Waals surface area contributed by atoms with Gasteiger partial charge in [-0.2, -0.15) is 21.6 Å². The zero-order chi connectivity index (χ0) is 23.1. The maximum atomic E-state index is 13.0. The minimum absolute atomic E-state index is 0.0378. The van der Waals surface area contributed by atoms with Gasteiger partial charge in [0.15, 0.2) is 0 Å². The Bertz CT molecular complexity index is 809. The maximum absolute atomic E-state index is 13.0. The van der Waals surface area contributed by atoms with E-state index in [1.54, 1.807) is 4.90 Å². The average Bonchev–Trinajstić information content (AvgIpc) is 2.64. The molecule has 10 heteroatoms. The van der Waals surface area contributed by atoms with Gasteiger partial charge >= 0.3 is 15.6 Å². The van der Waals surface area contributed by atoms with Crippen LogP contribution in [-0.2, 0) is 21.3 Å². The number of unbranched alkanes of at least 4 members (excludes halogenated alkanes) is 1. The number of hydrogen-bond donors (Lipinski definition) is 0. The summed E-state index contributed by atoms with van der Waals surface area (Å²) in [7, 11) is -4.28. The highest BCUT2D eigenvalue weighted by molar-refractivity contribution is 7.88. The number of methoxy groups -OCH3 is 1. The Morgan fingerprint density at radius 1 is 1.17 bits per heavy atom. The number of rotatable bonds is 11. The van der Waals surface area contributed by atoms with Crippen LogP contribution in [-0.4, -0.2) is 50.5 Å². The molecule has 6 nitrogen and oxygen atoms in total. The second kappa shape index (κ2) is 11.0. The van der Waals surface area contributed by atoms with Crippen LogP contribution in [0.5, 0.6) is 5.75 Å². The van der Waals surface area contributed by atoms with Crippen LogP contribution in [0.2, 0.25) is 0 Å². The molecule has 0 spiro atoms. The van der Waals surface area contributed by atoms with Crippen molar-refractivity contribution in [2.75, 3.05) is 13.7 Å². The average molecular weight is 454 g/mol. The lowest BCUT2D eigenvalue weighted by molar-refractivity contribution is -0.0500. The topological polar surface area (TPSA) is 72.9 Å². The van der Waals surface area contributed by atoms with Crippen molar-refractivity contribution in [3.05, 3.63) is 29.3 Å². The number of amides is 1. The van der Waals surface area contributed by atoms with Gasteiger partial charge in [-0.15, -0.1) is 0 Å². The Labute approximate surface area is 176 Å². The summed E-state index contributed by atoms with van der Waals surface area (Å²) >= 11 is 0. The number of halogens is 3. The van der Waals surface area contributed by atoms with E-state index in [9.17, 15) is 26.4 Å². The van der Waals surface area contributed by atoms with E-state index in [1.807, 2.05) is 27.7 Å². The first-order chi connectivity index (χ1) is 13.9. The molecule has 1 aromatic carbocycles. The molecule has 0 aliphatic rings. The van der Waals surface area contributed by atoms with Crippen LogP contribution >= 0.6 is 0 Å². The third-order valence-corrected chi connectivity index (χ3v) is 5.66. The first-order valence-electron chi connectivity index (χ1n) is 9.81. The molecule has 172 valence electrons. The number of aryl methyl sites for hydroxylation is 1. The second-order valence-electron chi connectivity index (χ2n) is 7.32. The molecule has 0 radical (unpaired) electrons. The number of benzene rings is 1. The molecule has 1 amide bonds. The van der Waals surface area contributed by atoms with Crippen molar-refractivity contribution in [2.24, 2.45) is 0 Å². The van der Waals surface area contributed by atoms with E-state index in [2.05, 4.69) is 4.18 Å². The zero-order valence-electron chi connectivity index (χ0n) is 18.0. The van der Waals surface area contributed by atoms with Crippen LogP contribution in [0.4, 0.5) is 13.2 Å². The van der Waals surface area contributed by atoms with Gasteiger partial charge in [0.25, 0.3) is 5.91 Å². The number of carbonyl (C=O) groups is 1. The first kappa shape index (κ1) is 26.2. The van der Waals surface area contributed by atoms with Crippen molar-refractivity contribution >= 4 is 16.0 Å². The highest BCUT2D eigenvalue weighted by Gasteiger charge is 2.48. The summed E-state index contributed by atoms with van der Waals surface area (Å²) in [5, 5.41) is 0. The van der Waals surface area contributed by atoms with Gasteiger partial charge in [-0.25, -0.2) is 0 Å². The number of alkyl halides is 3. The van der Waals surface area contributed by atoms with E-state index >= 15 is 0 Å². The highest BCUT2D eigenvalue weighted by Crippen LogP contribution is 2.31. The molecule has 0 N–H and O–H groups in total. The fourth-order valence-corrected chi connectivity index (χ4v) is 3.50. The van der Waals surface area contributed by atoms with E-state index in [-0.39, 0.29) is 35.5 Å². The molecule has 0 aliphatic heterocycles. The molecule has 1 rings (SSSR count). The highest BCUT2D eigenvalue weighted by atomic mass is 32.2. The number of carbonyl (C=O) groups excluding carboxylic acids is 1. The molecule has 0 fully saturated rings. The first-order valence-corrected chi connectivity index (χ1v) is 11.2. The zero-order valence-corrected chi connectivity index (χ0v) is 18.8. The standard InChI is InChI=1S/C20H30F3NO5S/c1-6-15(4)24(14(2)3)19(25)17-10-11-18(29-30(26,27)20(21,22)23)16(13-17)9-7-8-12-28-5/h10-11,13-15H,6-9,12H2,1-5H3/t15-/m1/s1. The summed E-state index contributed by atoms with van der Waals surface area (Å²) < 4.78 is 70.4. The molecule has 0 aromatic heterocycles. The second-order valence-corrected chi connectivity index (χ2v) is 8.86. The monoisotopic (exact) mass is 453 g/mol. The molecule has 0 bridgehead atoms. The van der Waals surface area contributed by atoms with Crippen molar-refractivity contribution in [3.63, 3.8) is 0 Å². The van der Waals surface area contributed by atoms with E-state index in [0.717, 1.165) is 12.5 Å². The van der Waals surface area contributed by atoms with Crippen molar-refractivity contribution in [2.45, 2.75) is 71.0 Å². The molecule has 1 atom stereocenters. The van der Waals surface area contributed by atoms with E-state index < -0.39 is 21.4 Å². The molecule has 1 aromatic rings. The summed E-state index contributed by atoms with van der Waals surface area (Å²) in [5.41, 5.74) is -5.06. The summed E-state index contributed by atoms with van der Waals surface area (Å²) in [6, 6.07) is 3.69. The van der Waals surface area contributed by atoms with Crippen LogP contribution in [0.1, 0.15) is 62.9 Å². The predicted octanol–water partition coefficient (Wildman–Crippen LogP) is 4.53. The van der Waals surface area contributed by atoms with Gasteiger partial charge in [0.2, 0.25) is 0 Å². The Morgan fingerprint density at radius 3 is 2.30 bits per heavy atom. The van der Waals surface area contributed by atoms with Gasteiger partial charge in [-0.05, 0) is 70.2 Å². The molecule has 0 aliphatic carbocycles. The largest absolute Gasteiger partial charge is 0.534 e. The van der Waals surface area contributed by atoms with Gasteiger partial charge in [-0.1, -0.05) is 6.92 Å². The summed E-state index contributed by atoms with van der Waals surface area (Å²) in [6.45, 7) is 8.07. The molecule has 0 unspecified atom stereocenters. The molecule has 0 saturated carbocycles. The minimum Gasteiger partial charge on any atom is -0.385 e. The Morgan fingerprint density at radius 2 is 1.80 bits per heavy atom. The van der Waals surface area contributed by atoms with E-state index in [4.69, 9.17) is 4.74 Å². The number of hydrogen-bond acceptors (Lipinski definition) is 5. The van der Waals surface area contributed by atoms with Crippen LogP contribution in [0.3, 0.4) is 0 Å². The fourth-order valence-electron chi connectivity index (χ4n) is 3.01. The maximum Gasteiger partial charge on any atom is 0.534 e. The molecule has 0 saturated heterocycles. The minimum atomic E-state index is -5.81. The predicted molar refractivity (Wildman–Crippen MR) is 108 cm³/mol. The van der Waals surface area contributed by atoms with Crippen molar-refractivity contribution in [1.82, 2.24) is 4.90 Å². The Kier molecular flexibility index (Phi) is 9.61. The lowest BCUT2D eigenvalue weighted by Crippen LogP contribution is -2.43. The van der Waals surface area contributed by atoms with Crippen LogP contribution in [0, 0.1) is 0 Å². The van der Waals surface area contributed by atoms with E-state index in [0.29, 0.717) is 19.4 Å². The van der Waals surface area contributed by atoms with Gasteiger partial charge in [-0.3, -0.25) is 4.79 Å². The third kappa shape index (κ3) is 6.87. The van der Waals surface area contributed by atoms with E-state index in [1.165, 1.54) is 19.2 Å². The van der Waals surface area contributed by atoms with Gasteiger partial charge in [0, 0.05) is 31.4 Å². The number of nitrogens with zero attached hydrogens (tertiary/aromatic N) is 1. The Hall–Kier alpha value is -1.81. The SMILES string of the molecule is CC[C@@H](C)N(C(=O)c1ccc(OS(=O)(=O)C(F)(F)F)c(CCCCOC)c1)C(C)C. The lowest BCUT2D eigenvalue weighted by atomic mass is 10.0. The lowest BCUT2D eigenvalue weighted by Gasteiger charge is -2.32. The fraction of sp³-hybridized carbons (Fsp3) is 0.650. The molecule has 0 heterocycles.